The van der Waals surface area contributed by atoms with Gasteiger partial charge < -0.3 is 30.2 Å². The average molecular weight is 686 g/mol. The van der Waals surface area contributed by atoms with Gasteiger partial charge in [-0.05, 0) is 60.4 Å². The molecule has 12 nitrogen and oxygen atoms in total. The molecular weight excluding hydrogens is 646 g/mol. The Labute approximate surface area is 289 Å². The Morgan fingerprint density at radius 1 is 1.00 bits per heavy atom. The number of aryl methyl sites for hydroxylation is 1. The first-order valence-corrected chi connectivity index (χ1v) is 16.9. The number of hydrogen-bond donors (Lipinski definition) is 3. The number of ether oxygens (including phenoxy) is 1. The minimum Gasteiger partial charge on any atom is -0.480 e. The van der Waals surface area contributed by atoms with Crippen LogP contribution in [-0.4, -0.2) is 95.0 Å². The first-order valence-electron chi connectivity index (χ1n) is 16.5. The molecule has 0 bridgehead atoms. The second-order valence-corrected chi connectivity index (χ2v) is 13.2. The van der Waals surface area contributed by atoms with Crippen LogP contribution in [0.25, 0.3) is 10.9 Å². The molecule has 0 radical (unpaired) electrons. The number of rotatable bonds is 11. The van der Waals surface area contributed by atoms with Crippen LogP contribution in [0.4, 0.5) is 0 Å². The van der Waals surface area contributed by atoms with Gasteiger partial charge >= 0.3 is 0 Å². The summed E-state index contributed by atoms with van der Waals surface area (Å²) in [6, 6.07) is 17.9. The molecule has 2 aromatic carbocycles. The summed E-state index contributed by atoms with van der Waals surface area (Å²) in [4.78, 5) is 61.0. The highest BCUT2D eigenvalue weighted by molar-refractivity contribution is 6.31. The number of H-pyrrole nitrogens is 1. The van der Waals surface area contributed by atoms with Gasteiger partial charge in [0.15, 0.2) is 5.69 Å². The molecule has 2 aliphatic heterocycles. The van der Waals surface area contributed by atoms with E-state index in [1.165, 1.54) is 7.11 Å². The van der Waals surface area contributed by atoms with Gasteiger partial charge in [0.2, 0.25) is 23.6 Å². The number of methoxy groups -OCH3 is 1. The standard InChI is InChI=1S/C36H40ClN7O5/c1-38-35(47)29(10-6-9-22-7-4-3-5-8-22)40-34(46)28-21-43(33(45)15-23-17-39-31-16-25(37)11-12-26(23)31)18-24-19-44(20-27(24)28)36(48)30-13-14-32(49-2)42-41-30/h3-5,7-8,11-14,16-17,24,27-29,39H,6,9-10,15,18-21H2,1-2H3,(H,38,47)(H,40,46)/t24?,27?,28?,29-/m0/s1. The number of likely N-dealkylation sites (N-methyl/N-ethyl adjacent to an activating group) is 1. The zero-order valence-electron chi connectivity index (χ0n) is 27.5. The van der Waals surface area contributed by atoms with Gasteiger partial charge in [-0.25, -0.2) is 0 Å². The van der Waals surface area contributed by atoms with Gasteiger partial charge in [-0.2, -0.15) is 0 Å². The number of aromatic amines is 1. The van der Waals surface area contributed by atoms with Crippen LogP contribution in [0.2, 0.25) is 5.02 Å². The SMILES string of the molecule is CNC(=O)[C@H](CCCc1ccccc1)NC(=O)C1CN(C(=O)Cc2c[nH]c3cc(Cl)ccc23)CC2CN(C(=O)c3ccc(OC)nn3)CC21. The first kappa shape index (κ1) is 33.9. The third-order valence-corrected chi connectivity index (χ3v) is 9.91. The molecule has 2 saturated heterocycles. The molecule has 256 valence electrons. The second kappa shape index (κ2) is 15.1. The summed E-state index contributed by atoms with van der Waals surface area (Å²) in [7, 11) is 3.03. The predicted molar refractivity (Wildman–Crippen MR) is 184 cm³/mol. The lowest BCUT2D eigenvalue weighted by molar-refractivity contribution is -0.140. The van der Waals surface area contributed by atoms with Crippen molar-refractivity contribution in [2.24, 2.45) is 17.8 Å². The van der Waals surface area contributed by atoms with Crippen LogP contribution in [-0.2, 0) is 27.2 Å². The van der Waals surface area contributed by atoms with Crippen LogP contribution in [0.15, 0.2) is 66.9 Å². The Morgan fingerprint density at radius 3 is 2.53 bits per heavy atom. The number of aromatic nitrogens is 3. The van der Waals surface area contributed by atoms with Crippen molar-refractivity contribution in [3.63, 3.8) is 0 Å². The number of piperidine rings is 1. The Hall–Kier alpha value is -4.97. The molecule has 4 heterocycles. The molecule has 4 amide bonds. The van der Waals surface area contributed by atoms with Crippen molar-refractivity contribution in [3.05, 3.63) is 88.7 Å². The zero-order chi connectivity index (χ0) is 34.5. The topological polar surface area (TPSA) is 150 Å². The molecule has 0 saturated carbocycles. The van der Waals surface area contributed by atoms with E-state index in [1.54, 1.807) is 35.0 Å². The quantitative estimate of drug-likeness (QED) is 0.219. The van der Waals surface area contributed by atoms with Crippen LogP contribution >= 0.6 is 11.6 Å². The van der Waals surface area contributed by atoms with E-state index in [0.717, 1.165) is 28.5 Å². The number of amides is 4. The zero-order valence-corrected chi connectivity index (χ0v) is 28.3. The highest BCUT2D eigenvalue weighted by Gasteiger charge is 2.48. The fourth-order valence-corrected chi connectivity index (χ4v) is 7.26. The Balaban J connectivity index is 1.20. The lowest BCUT2D eigenvalue weighted by atomic mass is 9.79. The van der Waals surface area contributed by atoms with E-state index in [2.05, 4.69) is 25.8 Å². The molecule has 6 rings (SSSR count). The average Bonchev–Trinajstić information content (AvgIpc) is 3.74. The predicted octanol–water partition coefficient (Wildman–Crippen LogP) is 3.26. The fraction of sp³-hybridized carbons (Fsp3) is 0.389. The van der Waals surface area contributed by atoms with Gasteiger partial charge in [0.25, 0.3) is 5.91 Å². The van der Waals surface area contributed by atoms with Crippen molar-refractivity contribution in [2.45, 2.75) is 31.7 Å². The van der Waals surface area contributed by atoms with Gasteiger partial charge in [0, 0.05) is 61.4 Å². The van der Waals surface area contributed by atoms with E-state index in [4.69, 9.17) is 16.3 Å². The smallest absolute Gasteiger partial charge is 0.274 e. The van der Waals surface area contributed by atoms with Crippen LogP contribution in [0.1, 0.15) is 34.5 Å². The number of benzene rings is 2. The minimum atomic E-state index is -0.738. The monoisotopic (exact) mass is 685 g/mol. The van der Waals surface area contributed by atoms with Crippen molar-refractivity contribution in [1.29, 1.82) is 0 Å². The summed E-state index contributed by atoms with van der Waals surface area (Å²) in [5.74, 6) is -1.71. The molecule has 4 atom stereocenters. The first-order chi connectivity index (χ1) is 23.7. The normalized spacial score (nSPS) is 19.3. The molecule has 13 heteroatoms. The second-order valence-electron chi connectivity index (χ2n) is 12.7. The molecule has 2 aromatic heterocycles. The summed E-state index contributed by atoms with van der Waals surface area (Å²) in [6.07, 6.45) is 3.87. The Morgan fingerprint density at radius 2 is 1.80 bits per heavy atom. The fourth-order valence-electron chi connectivity index (χ4n) is 7.08. The molecule has 0 aliphatic carbocycles. The third-order valence-electron chi connectivity index (χ3n) is 9.68. The number of fused-ring (bicyclic) bond motifs is 2. The largest absolute Gasteiger partial charge is 0.480 e. The minimum absolute atomic E-state index is 0.122. The number of carbonyl (C=O) groups is 4. The van der Waals surface area contributed by atoms with Crippen LogP contribution in [0, 0.1) is 17.8 Å². The lowest BCUT2D eigenvalue weighted by Gasteiger charge is -2.40. The molecule has 49 heavy (non-hydrogen) atoms. The Bertz CT molecular complexity index is 1820. The van der Waals surface area contributed by atoms with Gasteiger partial charge in [0.1, 0.15) is 6.04 Å². The van der Waals surface area contributed by atoms with Crippen LogP contribution < -0.4 is 15.4 Å². The van der Waals surface area contributed by atoms with Gasteiger partial charge in [-0.15, -0.1) is 10.2 Å². The highest BCUT2D eigenvalue weighted by Crippen LogP contribution is 2.37. The van der Waals surface area contributed by atoms with Crippen molar-refractivity contribution in [1.82, 2.24) is 35.6 Å². The maximum absolute atomic E-state index is 14.1. The number of nitrogens with zero attached hydrogens (tertiary/aromatic N) is 4. The number of halogens is 1. The van der Waals surface area contributed by atoms with E-state index in [1.807, 2.05) is 48.7 Å². The molecule has 3 N–H and O–H groups in total. The van der Waals surface area contributed by atoms with Gasteiger partial charge in [-0.1, -0.05) is 48.0 Å². The Kier molecular flexibility index (Phi) is 10.4. The summed E-state index contributed by atoms with van der Waals surface area (Å²) in [6.45, 7) is 1.25. The number of carbonyl (C=O) groups excluding carboxylic acids is 4. The summed E-state index contributed by atoms with van der Waals surface area (Å²) in [5.41, 5.74) is 3.00. The van der Waals surface area contributed by atoms with Crippen LogP contribution in [0.3, 0.4) is 0 Å². The van der Waals surface area contributed by atoms with Gasteiger partial charge in [0.05, 0.1) is 19.4 Å². The van der Waals surface area contributed by atoms with Crippen molar-refractivity contribution in [2.75, 3.05) is 40.3 Å². The van der Waals surface area contributed by atoms with E-state index in [0.29, 0.717) is 43.4 Å². The van der Waals surface area contributed by atoms with Crippen molar-refractivity contribution >= 4 is 46.1 Å². The molecule has 2 fully saturated rings. The summed E-state index contributed by atoms with van der Waals surface area (Å²) < 4.78 is 5.08. The summed E-state index contributed by atoms with van der Waals surface area (Å²) >= 11 is 6.16. The number of hydrogen-bond acceptors (Lipinski definition) is 7. The molecule has 2 aliphatic rings. The van der Waals surface area contributed by atoms with Gasteiger partial charge in [-0.3, -0.25) is 19.2 Å². The van der Waals surface area contributed by atoms with Crippen LogP contribution in [0.5, 0.6) is 5.88 Å². The van der Waals surface area contributed by atoms with E-state index >= 15 is 0 Å². The van der Waals surface area contributed by atoms with E-state index in [-0.39, 0.29) is 54.1 Å². The maximum Gasteiger partial charge on any atom is 0.274 e. The molecule has 0 spiro atoms. The molecule has 3 unspecified atom stereocenters. The van der Waals surface area contributed by atoms with E-state index in [9.17, 15) is 19.2 Å². The number of nitrogens with one attached hydrogen (secondary N) is 3. The number of likely N-dealkylation sites (tertiary alicyclic amines) is 2. The van der Waals surface area contributed by atoms with E-state index < -0.39 is 12.0 Å². The van der Waals surface area contributed by atoms with Crippen molar-refractivity contribution in [3.8, 4) is 5.88 Å². The lowest BCUT2D eigenvalue weighted by Crippen LogP contribution is -2.56. The molecular formula is C36H40ClN7O5. The molecule has 4 aromatic rings. The van der Waals surface area contributed by atoms with Crippen molar-refractivity contribution < 1.29 is 23.9 Å². The third kappa shape index (κ3) is 7.69. The highest BCUT2D eigenvalue weighted by atomic mass is 35.5. The summed E-state index contributed by atoms with van der Waals surface area (Å²) in [5, 5.41) is 15.2. The maximum atomic E-state index is 14.1.